The molecule has 1 atom stereocenters. The van der Waals surface area contributed by atoms with Crippen molar-refractivity contribution in [1.82, 2.24) is 0 Å². The lowest BCUT2D eigenvalue weighted by molar-refractivity contribution is -0.117. The highest BCUT2D eigenvalue weighted by atomic mass is 28.3. The molecule has 78 valence electrons. The van der Waals surface area contributed by atoms with Crippen molar-refractivity contribution in [1.29, 1.82) is 0 Å². The highest BCUT2D eigenvalue weighted by Crippen LogP contribution is 2.33. The second kappa shape index (κ2) is 5.42. The summed E-state index contributed by atoms with van der Waals surface area (Å²) in [5.74, 6) is -0.0937. The van der Waals surface area contributed by atoms with Crippen LogP contribution < -0.4 is 5.73 Å². The minimum Gasteiger partial charge on any atom is -0.370 e. The third-order valence-corrected chi connectivity index (χ3v) is 9.94. The van der Waals surface area contributed by atoms with Gasteiger partial charge < -0.3 is 5.73 Å². The fraction of sp³-hybridized carbons (Fsp3) is 0.900. The zero-order chi connectivity index (χ0) is 10.5. The first-order valence-electron chi connectivity index (χ1n) is 5.33. The molecule has 0 saturated heterocycles. The summed E-state index contributed by atoms with van der Waals surface area (Å²) in [6.07, 6.45) is 1.19. The van der Waals surface area contributed by atoms with Crippen LogP contribution in [-0.4, -0.2) is 14.0 Å². The second-order valence-corrected chi connectivity index (χ2v) is 9.45. The van der Waals surface area contributed by atoms with Crippen molar-refractivity contribution in [2.45, 2.75) is 57.8 Å². The summed E-state index contributed by atoms with van der Waals surface area (Å²) in [4.78, 5) is 11.2. The van der Waals surface area contributed by atoms with Gasteiger partial charge in [0.15, 0.2) is 0 Å². The lowest BCUT2D eigenvalue weighted by atomic mass is 10.5. The van der Waals surface area contributed by atoms with Crippen molar-refractivity contribution in [3.8, 4) is 0 Å². The first kappa shape index (κ1) is 12.7. The van der Waals surface area contributed by atoms with E-state index in [9.17, 15) is 4.79 Å². The largest absolute Gasteiger partial charge is 0.370 e. The van der Waals surface area contributed by atoms with Gasteiger partial charge in [0.1, 0.15) is 0 Å². The van der Waals surface area contributed by atoms with Gasteiger partial charge in [-0.3, -0.25) is 4.79 Å². The molecule has 3 heteroatoms. The molecule has 0 aliphatic rings. The van der Waals surface area contributed by atoms with Crippen LogP contribution >= 0.6 is 0 Å². The molecule has 0 saturated carbocycles. The summed E-state index contributed by atoms with van der Waals surface area (Å²) in [7, 11) is -1.38. The van der Waals surface area contributed by atoms with Gasteiger partial charge in [-0.15, -0.1) is 0 Å². The van der Waals surface area contributed by atoms with Crippen LogP contribution in [0.15, 0.2) is 0 Å². The minimum atomic E-state index is -1.38. The number of hydrogen-bond donors (Lipinski definition) is 1. The smallest absolute Gasteiger partial charge is 0.217 e. The van der Waals surface area contributed by atoms with Crippen LogP contribution in [0, 0.1) is 0 Å². The quantitative estimate of drug-likeness (QED) is 0.660. The van der Waals surface area contributed by atoms with Gasteiger partial charge in [0.25, 0.3) is 0 Å². The highest BCUT2D eigenvalue weighted by molar-refractivity contribution is 6.83. The van der Waals surface area contributed by atoms with Crippen LogP contribution in [0.1, 0.15) is 34.1 Å². The Morgan fingerprint density at radius 1 is 1.31 bits per heavy atom. The predicted octanol–water partition coefficient (Wildman–Crippen LogP) is 2.76. The molecule has 0 heterocycles. The average molecular weight is 201 g/mol. The Balaban J connectivity index is 4.63. The fourth-order valence-corrected chi connectivity index (χ4v) is 6.70. The van der Waals surface area contributed by atoms with Crippen molar-refractivity contribution in [3.63, 3.8) is 0 Å². The molecule has 0 spiro atoms. The molecular formula is C10H23NOSi. The van der Waals surface area contributed by atoms with E-state index in [-0.39, 0.29) is 11.4 Å². The van der Waals surface area contributed by atoms with Gasteiger partial charge in [-0.2, -0.15) is 0 Å². The highest BCUT2D eigenvalue weighted by Gasteiger charge is 2.37. The van der Waals surface area contributed by atoms with Crippen molar-refractivity contribution >= 4 is 14.0 Å². The monoisotopic (exact) mass is 201 g/mol. The maximum Gasteiger partial charge on any atom is 0.217 e. The molecule has 0 aliphatic heterocycles. The second-order valence-electron chi connectivity index (χ2n) is 3.94. The summed E-state index contributed by atoms with van der Waals surface area (Å²) in [6, 6.07) is 3.60. The van der Waals surface area contributed by atoms with Gasteiger partial charge in [0.05, 0.1) is 8.07 Å². The zero-order valence-corrected chi connectivity index (χ0v) is 10.4. The standard InChI is InChI=1S/C10H23NOSi/c1-5-8-13(6-2,7-3)9(4)10(11)12/h9H,5-8H2,1-4H3,(H2,11,12). The van der Waals surface area contributed by atoms with E-state index >= 15 is 0 Å². The number of primary amides is 1. The number of carbonyl (C=O) groups excluding carboxylic acids is 1. The third kappa shape index (κ3) is 2.83. The van der Waals surface area contributed by atoms with Crippen LogP contribution in [0.2, 0.25) is 23.7 Å². The molecule has 0 aromatic heterocycles. The summed E-state index contributed by atoms with van der Waals surface area (Å²) < 4.78 is 0. The molecule has 0 aromatic carbocycles. The van der Waals surface area contributed by atoms with E-state index in [0.29, 0.717) is 0 Å². The normalized spacial score (nSPS) is 14.2. The summed E-state index contributed by atoms with van der Waals surface area (Å²) in [5, 5.41) is 0. The van der Waals surface area contributed by atoms with E-state index < -0.39 is 8.07 Å². The summed E-state index contributed by atoms with van der Waals surface area (Å²) >= 11 is 0. The Morgan fingerprint density at radius 2 is 1.77 bits per heavy atom. The Hall–Kier alpha value is -0.313. The maximum absolute atomic E-state index is 11.2. The van der Waals surface area contributed by atoms with Gasteiger partial charge in [-0.25, -0.2) is 0 Å². The SMILES string of the molecule is CCC[Si](CC)(CC)C(C)C(N)=O. The predicted molar refractivity (Wildman–Crippen MR) is 60.4 cm³/mol. The van der Waals surface area contributed by atoms with E-state index in [1.165, 1.54) is 24.6 Å². The summed E-state index contributed by atoms with van der Waals surface area (Å²) in [5.41, 5.74) is 5.54. The molecule has 1 unspecified atom stereocenters. The van der Waals surface area contributed by atoms with Crippen molar-refractivity contribution in [3.05, 3.63) is 0 Å². The fourth-order valence-electron chi connectivity index (χ4n) is 2.23. The van der Waals surface area contributed by atoms with Crippen LogP contribution in [0.4, 0.5) is 0 Å². The van der Waals surface area contributed by atoms with Crippen LogP contribution in [-0.2, 0) is 4.79 Å². The van der Waals surface area contributed by atoms with Gasteiger partial charge in [0.2, 0.25) is 5.91 Å². The average Bonchev–Trinajstić information content (AvgIpc) is 2.13. The van der Waals surface area contributed by atoms with E-state index in [0.717, 1.165) is 0 Å². The lowest BCUT2D eigenvalue weighted by Crippen LogP contribution is -2.42. The molecule has 0 aliphatic carbocycles. The van der Waals surface area contributed by atoms with E-state index in [4.69, 9.17) is 5.73 Å². The first-order chi connectivity index (χ1) is 6.04. The Kier molecular flexibility index (Phi) is 5.29. The summed E-state index contributed by atoms with van der Waals surface area (Å²) in [6.45, 7) is 8.65. The third-order valence-electron chi connectivity index (χ3n) is 3.50. The number of nitrogens with two attached hydrogens (primary N) is 1. The lowest BCUT2D eigenvalue weighted by Gasteiger charge is -2.33. The van der Waals surface area contributed by atoms with E-state index in [2.05, 4.69) is 20.8 Å². The number of rotatable bonds is 6. The van der Waals surface area contributed by atoms with Gasteiger partial charge in [-0.1, -0.05) is 52.2 Å². The van der Waals surface area contributed by atoms with Gasteiger partial charge in [-0.05, 0) is 0 Å². The Bertz CT molecular complexity index is 166. The Morgan fingerprint density at radius 3 is 2.00 bits per heavy atom. The van der Waals surface area contributed by atoms with Crippen LogP contribution in [0.25, 0.3) is 0 Å². The molecule has 0 radical (unpaired) electrons. The molecular weight excluding hydrogens is 178 g/mol. The van der Waals surface area contributed by atoms with Crippen LogP contribution in [0.3, 0.4) is 0 Å². The molecule has 0 bridgehead atoms. The van der Waals surface area contributed by atoms with Crippen molar-refractivity contribution in [2.75, 3.05) is 0 Å². The number of amides is 1. The van der Waals surface area contributed by atoms with E-state index in [1.807, 2.05) is 6.92 Å². The van der Waals surface area contributed by atoms with Gasteiger partial charge >= 0.3 is 0 Å². The minimum absolute atomic E-state index is 0.0937. The van der Waals surface area contributed by atoms with Crippen molar-refractivity contribution < 1.29 is 4.79 Å². The zero-order valence-electron chi connectivity index (χ0n) is 9.39. The molecule has 1 amide bonds. The van der Waals surface area contributed by atoms with E-state index in [1.54, 1.807) is 0 Å². The van der Waals surface area contributed by atoms with Gasteiger partial charge in [0, 0.05) is 5.54 Å². The number of carbonyl (C=O) groups is 1. The molecule has 2 nitrogen and oxygen atoms in total. The van der Waals surface area contributed by atoms with Crippen LogP contribution in [0.5, 0.6) is 0 Å². The first-order valence-corrected chi connectivity index (χ1v) is 8.03. The molecule has 0 fully saturated rings. The Labute approximate surface area is 82.9 Å². The van der Waals surface area contributed by atoms with Crippen molar-refractivity contribution in [2.24, 2.45) is 5.73 Å². The topological polar surface area (TPSA) is 43.1 Å². The molecule has 2 N–H and O–H groups in total. The maximum atomic E-state index is 11.2. The molecule has 13 heavy (non-hydrogen) atoms. The number of hydrogen-bond acceptors (Lipinski definition) is 1. The molecule has 0 aromatic rings. The molecule has 0 rings (SSSR count).